The smallest absolute Gasteiger partial charge is 0.327 e. The van der Waals surface area contributed by atoms with Gasteiger partial charge in [0.15, 0.2) is 0 Å². The normalized spacial score (nSPS) is 12.2. The number of hydrogen-bond donors (Lipinski definition) is 1. The summed E-state index contributed by atoms with van der Waals surface area (Å²) in [7, 11) is 3.07. The third-order valence-electron chi connectivity index (χ3n) is 1.74. The highest BCUT2D eigenvalue weighted by Gasteiger charge is 2.18. The summed E-state index contributed by atoms with van der Waals surface area (Å²) in [5.74, 6) is -0.310. The molecule has 4 heteroatoms. The summed E-state index contributed by atoms with van der Waals surface area (Å²) in [6, 6.07) is 3.17. The SMILES string of the molecule is CNC(C(=O)OC)c1cccnc1. The number of carbonyl (C=O) groups excluding carboxylic acids is 1. The number of aromatic nitrogens is 1. The van der Waals surface area contributed by atoms with E-state index in [0.717, 1.165) is 5.56 Å². The van der Waals surface area contributed by atoms with Crippen molar-refractivity contribution >= 4 is 5.97 Å². The van der Waals surface area contributed by atoms with Gasteiger partial charge in [0.1, 0.15) is 6.04 Å². The molecule has 1 aromatic heterocycles. The van der Waals surface area contributed by atoms with E-state index in [1.807, 2.05) is 6.07 Å². The highest BCUT2D eigenvalue weighted by Crippen LogP contribution is 2.11. The van der Waals surface area contributed by atoms with Gasteiger partial charge in [-0.25, -0.2) is 4.79 Å². The van der Waals surface area contributed by atoms with Crippen molar-refractivity contribution in [1.29, 1.82) is 0 Å². The second-order valence-corrected chi connectivity index (χ2v) is 2.53. The van der Waals surface area contributed by atoms with Gasteiger partial charge < -0.3 is 10.1 Å². The Kier molecular flexibility index (Phi) is 3.40. The molecule has 1 aromatic rings. The summed E-state index contributed by atoms with van der Waals surface area (Å²) < 4.78 is 4.63. The lowest BCUT2D eigenvalue weighted by atomic mass is 10.1. The van der Waals surface area contributed by atoms with Gasteiger partial charge in [-0.15, -0.1) is 0 Å². The predicted octanol–water partition coefficient (Wildman–Crippen LogP) is 0.515. The monoisotopic (exact) mass is 180 g/mol. The number of likely N-dealkylation sites (N-methyl/N-ethyl adjacent to an activating group) is 1. The zero-order valence-electron chi connectivity index (χ0n) is 7.65. The molecule has 1 N–H and O–H groups in total. The first-order chi connectivity index (χ1) is 6.29. The first-order valence-corrected chi connectivity index (χ1v) is 3.94. The lowest BCUT2D eigenvalue weighted by Crippen LogP contribution is -2.26. The molecule has 4 nitrogen and oxygen atoms in total. The molecule has 0 aliphatic heterocycles. The zero-order valence-corrected chi connectivity index (χ0v) is 7.65. The van der Waals surface area contributed by atoms with Crippen LogP contribution in [0.4, 0.5) is 0 Å². The van der Waals surface area contributed by atoms with Crippen molar-refractivity contribution in [3.05, 3.63) is 30.1 Å². The van der Waals surface area contributed by atoms with Crippen molar-refractivity contribution < 1.29 is 9.53 Å². The minimum atomic E-state index is -0.432. The molecule has 13 heavy (non-hydrogen) atoms. The number of esters is 1. The molecule has 0 radical (unpaired) electrons. The van der Waals surface area contributed by atoms with Gasteiger partial charge in [0.2, 0.25) is 0 Å². The van der Waals surface area contributed by atoms with E-state index in [4.69, 9.17) is 0 Å². The maximum Gasteiger partial charge on any atom is 0.327 e. The molecular formula is C9H12N2O2. The maximum absolute atomic E-state index is 11.2. The number of carbonyl (C=O) groups is 1. The highest BCUT2D eigenvalue weighted by molar-refractivity contribution is 5.77. The van der Waals surface area contributed by atoms with E-state index in [-0.39, 0.29) is 5.97 Å². The molecular weight excluding hydrogens is 168 g/mol. The average Bonchev–Trinajstić information content (AvgIpc) is 2.20. The molecule has 0 aliphatic rings. The van der Waals surface area contributed by atoms with E-state index in [2.05, 4.69) is 15.0 Å². The fourth-order valence-electron chi connectivity index (χ4n) is 1.09. The number of ether oxygens (including phenoxy) is 1. The Morgan fingerprint density at radius 2 is 2.46 bits per heavy atom. The highest BCUT2D eigenvalue weighted by atomic mass is 16.5. The van der Waals surface area contributed by atoms with Crippen molar-refractivity contribution in [3.8, 4) is 0 Å². The van der Waals surface area contributed by atoms with Crippen LogP contribution in [0, 0.1) is 0 Å². The van der Waals surface area contributed by atoms with Gasteiger partial charge in [0.25, 0.3) is 0 Å². The van der Waals surface area contributed by atoms with E-state index in [9.17, 15) is 4.79 Å². The zero-order chi connectivity index (χ0) is 9.68. The van der Waals surface area contributed by atoms with Crippen LogP contribution in [0.3, 0.4) is 0 Å². The van der Waals surface area contributed by atoms with Gasteiger partial charge in [-0.2, -0.15) is 0 Å². The molecule has 1 heterocycles. The van der Waals surface area contributed by atoms with Crippen LogP contribution in [-0.4, -0.2) is 25.1 Å². The topological polar surface area (TPSA) is 51.2 Å². The second kappa shape index (κ2) is 4.57. The summed E-state index contributed by atoms with van der Waals surface area (Å²) in [5.41, 5.74) is 0.803. The molecule has 0 spiro atoms. The molecule has 0 fully saturated rings. The Labute approximate surface area is 76.9 Å². The number of hydrogen-bond acceptors (Lipinski definition) is 4. The van der Waals surface area contributed by atoms with Crippen LogP contribution in [0.25, 0.3) is 0 Å². The van der Waals surface area contributed by atoms with Crippen molar-refractivity contribution in [2.45, 2.75) is 6.04 Å². The van der Waals surface area contributed by atoms with Gasteiger partial charge in [-0.3, -0.25) is 4.98 Å². The first-order valence-electron chi connectivity index (χ1n) is 3.94. The molecule has 70 valence electrons. The van der Waals surface area contributed by atoms with Crippen LogP contribution >= 0.6 is 0 Å². The predicted molar refractivity (Wildman–Crippen MR) is 48.1 cm³/mol. The van der Waals surface area contributed by atoms with Crippen LogP contribution in [0.15, 0.2) is 24.5 Å². The van der Waals surface area contributed by atoms with Crippen molar-refractivity contribution in [3.63, 3.8) is 0 Å². The van der Waals surface area contributed by atoms with Gasteiger partial charge >= 0.3 is 5.97 Å². The van der Waals surface area contributed by atoms with E-state index < -0.39 is 6.04 Å². The van der Waals surface area contributed by atoms with Gasteiger partial charge in [0, 0.05) is 12.4 Å². The minimum absolute atomic E-state index is 0.310. The standard InChI is InChI=1S/C9H12N2O2/c1-10-8(9(12)13-2)7-4-3-5-11-6-7/h3-6,8,10H,1-2H3. The maximum atomic E-state index is 11.2. The Morgan fingerprint density at radius 3 is 2.92 bits per heavy atom. The third-order valence-corrected chi connectivity index (χ3v) is 1.74. The molecule has 0 amide bonds. The van der Waals surface area contributed by atoms with Gasteiger partial charge in [-0.05, 0) is 18.7 Å². The Morgan fingerprint density at radius 1 is 1.69 bits per heavy atom. The lowest BCUT2D eigenvalue weighted by molar-refractivity contribution is -0.143. The van der Waals surface area contributed by atoms with Crippen LogP contribution in [0.5, 0.6) is 0 Å². The van der Waals surface area contributed by atoms with E-state index in [0.29, 0.717) is 0 Å². The molecule has 0 saturated carbocycles. The van der Waals surface area contributed by atoms with Crippen molar-refractivity contribution in [2.75, 3.05) is 14.2 Å². The quantitative estimate of drug-likeness (QED) is 0.689. The third kappa shape index (κ3) is 2.26. The summed E-state index contributed by atoms with van der Waals surface area (Å²) >= 11 is 0. The number of methoxy groups -OCH3 is 1. The van der Waals surface area contributed by atoms with E-state index >= 15 is 0 Å². The molecule has 1 atom stereocenters. The van der Waals surface area contributed by atoms with Crippen LogP contribution in [-0.2, 0) is 9.53 Å². The largest absolute Gasteiger partial charge is 0.468 e. The first kappa shape index (κ1) is 9.67. The summed E-state index contributed by atoms with van der Waals surface area (Å²) in [5, 5.41) is 2.85. The number of rotatable bonds is 3. The summed E-state index contributed by atoms with van der Waals surface area (Å²) in [6.45, 7) is 0. The number of pyridine rings is 1. The Hall–Kier alpha value is -1.42. The fraction of sp³-hybridized carbons (Fsp3) is 0.333. The summed E-state index contributed by atoms with van der Waals surface area (Å²) in [4.78, 5) is 15.2. The van der Waals surface area contributed by atoms with E-state index in [1.165, 1.54) is 7.11 Å². The van der Waals surface area contributed by atoms with Gasteiger partial charge in [-0.1, -0.05) is 6.07 Å². The Bertz CT molecular complexity index is 274. The van der Waals surface area contributed by atoms with Crippen molar-refractivity contribution in [2.24, 2.45) is 0 Å². The summed E-state index contributed by atoms with van der Waals surface area (Å²) in [6.07, 6.45) is 3.30. The second-order valence-electron chi connectivity index (χ2n) is 2.53. The van der Waals surface area contributed by atoms with Crippen LogP contribution < -0.4 is 5.32 Å². The molecule has 0 saturated heterocycles. The Balaban J connectivity index is 2.85. The number of nitrogens with one attached hydrogen (secondary N) is 1. The molecule has 1 rings (SSSR count). The van der Waals surface area contributed by atoms with E-state index in [1.54, 1.807) is 25.5 Å². The minimum Gasteiger partial charge on any atom is -0.468 e. The molecule has 0 bridgehead atoms. The average molecular weight is 180 g/mol. The van der Waals surface area contributed by atoms with Crippen molar-refractivity contribution in [1.82, 2.24) is 10.3 Å². The lowest BCUT2D eigenvalue weighted by Gasteiger charge is -2.12. The number of nitrogens with zero attached hydrogens (tertiary/aromatic N) is 1. The van der Waals surface area contributed by atoms with Crippen LogP contribution in [0.2, 0.25) is 0 Å². The van der Waals surface area contributed by atoms with Crippen LogP contribution in [0.1, 0.15) is 11.6 Å². The fourth-order valence-corrected chi connectivity index (χ4v) is 1.09. The molecule has 0 aliphatic carbocycles. The van der Waals surface area contributed by atoms with Gasteiger partial charge in [0.05, 0.1) is 7.11 Å². The molecule has 1 unspecified atom stereocenters. The molecule has 0 aromatic carbocycles.